The number of aromatic nitrogens is 2. The van der Waals surface area contributed by atoms with Crippen LogP contribution >= 0.6 is 0 Å². The van der Waals surface area contributed by atoms with E-state index in [4.69, 9.17) is 0 Å². The maximum atomic E-state index is 12.7. The van der Waals surface area contributed by atoms with Crippen LogP contribution < -0.4 is 5.56 Å². The average Bonchev–Trinajstić information content (AvgIpc) is 2.99. The van der Waals surface area contributed by atoms with E-state index >= 15 is 0 Å². The molecule has 1 aromatic heterocycles. The number of hydrogen-bond acceptors (Lipinski definition) is 3. The fourth-order valence-corrected chi connectivity index (χ4v) is 3.71. The summed E-state index contributed by atoms with van der Waals surface area (Å²) in [4.78, 5) is 37.1. The van der Waals surface area contributed by atoms with E-state index in [1.807, 2.05) is 0 Å². The number of nitrogens with zero attached hydrogens (tertiary/aromatic N) is 2. The lowest BCUT2D eigenvalue weighted by atomic mass is 9.84. The van der Waals surface area contributed by atoms with Crippen molar-refractivity contribution in [1.82, 2.24) is 14.7 Å². The zero-order valence-electron chi connectivity index (χ0n) is 11.9. The Bertz CT molecular complexity index is 632. The summed E-state index contributed by atoms with van der Waals surface area (Å²) >= 11 is 0. The van der Waals surface area contributed by atoms with Gasteiger partial charge in [0.2, 0.25) is 0 Å². The number of nitrogens with one attached hydrogen (secondary N) is 1. The van der Waals surface area contributed by atoms with Gasteiger partial charge >= 0.3 is 5.97 Å². The first-order valence-electron chi connectivity index (χ1n) is 7.30. The van der Waals surface area contributed by atoms with E-state index in [-0.39, 0.29) is 29.1 Å². The molecular weight excluding hydrogens is 274 g/mol. The second kappa shape index (κ2) is 5.05. The summed E-state index contributed by atoms with van der Waals surface area (Å²) < 4.78 is 1.22. The van der Waals surface area contributed by atoms with E-state index in [0.717, 1.165) is 25.7 Å². The molecule has 1 amide bonds. The summed E-state index contributed by atoms with van der Waals surface area (Å²) in [6.07, 6.45) is 4.45. The van der Waals surface area contributed by atoms with Gasteiger partial charge < -0.3 is 10.0 Å². The number of likely N-dealkylation sites (tertiary alicyclic amines) is 1. The molecular formula is C14H19N3O4. The Labute approximate surface area is 121 Å². The first kappa shape index (κ1) is 13.9. The molecule has 0 radical (unpaired) electrons. The van der Waals surface area contributed by atoms with Crippen LogP contribution in [-0.4, -0.2) is 43.7 Å². The van der Waals surface area contributed by atoms with Gasteiger partial charge in [-0.3, -0.25) is 19.4 Å². The van der Waals surface area contributed by atoms with E-state index in [1.165, 1.54) is 22.7 Å². The van der Waals surface area contributed by atoms with Gasteiger partial charge in [0.05, 0.1) is 0 Å². The van der Waals surface area contributed by atoms with Crippen LogP contribution in [0.4, 0.5) is 0 Å². The molecule has 3 rings (SSSR count). The second-order valence-electron chi connectivity index (χ2n) is 5.98. The van der Waals surface area contributed by atoms with Crippen molar-refractivity contribution in [3.05, 3.63) is 22.1 Å². The van der Waals surface area contributed by atoms with Crippen LogP contribution in [0.25, 0.3) is 0 Å². The number of aromatic amines is 1. The summed E-state index contributed by atoms with van der Waals surface area (Å²) in [6, 6.07) is 0.433. The van der Waals surface area contributed by atoms with E-state index < -0.39 is 12.0 Å². The first-order chi connectivity index (χ1) is 9.99. The minimum atomic E-state index is -0.962. The van der Waals surface area contributed by atoms with Crippen LogP contribution in [0.2, 0.25) is 0 Å². The molecule has 7 heteroatoms. The van der Waals surface area contributed by atoms with Crippen LogP contribution in [0, 0.1) is 5.92 Å². The first-order valence-corrected chi connectivity index (χ1v) is 7.30. The predicted octanol–water partition coefficient (Wildman–Crippen LogP) is 0.571. The third kappa shape index (κ3) is 2.26. The van der Waals surface area contributed by atoms with Crippen molar-refractivity contribution in [3.63, 3.8) is 0 Å². The lowest BCUT2D eigenvalue weighted by Gasteiger charge is -2.32. The summed E-state index contributed by atoms with van der Waals surface area (Å²) in [5, 5.41) is 12.1. The number of aryl methyl sites for hydroxylation is 1. The molecule has 21 heavy (non-hydrogen) atoms. The Morgan fingerprint density at radius 1 is 1.33 bits per heavy atom. The number of H-pyrrole nitrogens is 1. The Hall–Kier alpha value is -2.05. The molecule has 0 bridgehead atoms. The number of carboxylic acids is 1. The maximum Gasteiger partial charge on any atom is 0.326 e. The monoisotopic (exact) mass is 293 g/mol. The second-order valence-corrected chi connectivity index (χ2v) is 5.98. The number of carboxylic acid groups (broad SMARTS) is 1. The van der Waals surface area contributed by atoms with Crippen molar-refractivity contribution in [2.75, 3.05) is 0 Å². The third-order valence-corrected chi connectivity index (χ3v) is 4.72. The number of fused-ring (bicyclic) bond motifs is 1. The highest BCUT2D eigenvalue weighted by Crippen LogP contribution is 2.40. The molecule has 114 valence electrons. The van der Waals surface area contributed by atoms with Gasteiger partial charge in [-0.25, -0.2) is 4.79 Å². The van der Waals surface area contributed by atoms with Crippen molar-refractivity contribution in [2.24, 2.45) is 13.0 Å². The van der Waals surface area contributed by atoms with Gasteiger partial charge in [0.1, 0.15) is 11.7 Å². The van der Waals surface area contributed by atoms with E-state index in [1.54, 1.807) is 0 Å². The number of carbonyl (C=O) groups excluding carboxylic acids is 1. The van der Waals surface area contributed by atoms with Gasteiger partial charge in [0, 0.05) is 19.2 Å². The van der Waals surface area contributed by atoms with E-state index in [2.05, 4.69) is 5.10 Å². The molecule has 1 aliphatic heterocycles. The Morgan fingerprint density at radius 3 is 2.67 bits per heavy atom. The van der Waals surface area contributed by atoms with E-state index in [9.17, 15) is 19.5 Å². The molecule has 1 saturated heterocycles. The van der Waals surface area contributed by atoms with Gasteiger partial charge in [-0.1, -0.05) is 12.8 Å². The lowest BCUT2D eigenvalue weighted by Crippen LogP contribution is -2.46. The minimum Gasteiger partial charge on any atom is -0.480 e. The molecule has 2 heterocycles. The zero-order valence-corrected chi connectivity index (χ0v) is 11.9. The molecule has 2 aliphatic rings. The molecule has 0 aromatic carbocycles. The number of aliphatic carboxylic acids is 1. The molecule has 3 unspecified atom stereocenters. The highest BCUT2D eigenvalue weighted by Gasteiger charge is 2.48. The Kier molecular flexibility index (Phi) is 3.35. The highest BCUT2D eigenvalue weighted by molar-refractivity contribution is 5.95. The van der Waals surface area contributed by atoms with Crippen LogP contribution in [0.15, 0.2) is 10.9 Å². The number of hydrogen-bond donors (Lipinski definition) is 2. The van der Waals surface area contributed by atoms with Crippen molar-refractivity contribution in [3.8, 4) is 0 Å². The lowest BCUT2D eigenvalue weighted by molar-refractivity contribution is -0.141. The number of carbonyl (C=O) groups is 2. The van der Waals surface area contributed by atoms with Gasteiger partial charge in [0.15, 0.2) is 0 Å². The standard InChI is InChI=1S/C14H19N3O4/c1-16-12(18)7-9(15-16)13(19)17-10-5-3-2-4-8(10)6-11(17)14(20)21/h7-8,10-11,15H,2-6H2,1H3,(H,20,21). The Balaban J connectivity index is 1.94. The summed E-state index contributed by atoms with van der Waals surface area (Å²) in [7, 11) is 1.53. The van der Waals surface area contributed by atoms with Crippen LogP contribution in [-0.2, 0) is 11.8 Å². The highest BCUT2D eigenvalue weighted by atomic mass is 16.4. The van der Waals surface area contributed by atoms with Crippen molar-refractivity contribution in [2.45, 2.75) is 44.2 Å². The molecule has 2 N–H and O–H groups in total. The summed E-state index contributed by atoms with van der Waals surface area (Å²) in [5.41, 5.74) is -0.135. The quantitative estimate of drug-likeness (QED) is 0.833. The van der Waals surface area contributed by atoms with Crippen LogP contribution in [0.1, 0.15) is 42.6 Å². The average molecular weight is 293 g/mol. The predicted molar refractivity (Wildman–Crippen MR) is 74.0 cm³/mol. The van der Waals surface area contributed by atoms with Crippen molar-refractivity contribution < 1.29 is 14.7 Å². The van der Waals surface area contributed by atoms with Crippen LogP contribution in [0.3, 0.4) is 0 Å². The van der Waals surface area contributed by atoms with Gasteiger partial charge in [-0.05, 0) is 25.2 Å². The van der Waals surface area contributed by atoms with Gasteiger partial charge in [0.25, 0.3) is 11.5 Å². The normalized spacial score (nSPS) is 28.4. The molecule has 2 fully saturated rings. The summed E-state index contributed by atoms with van der Waals surface area (Å²) in [6.45, 7) is 0. The molecule has 1 aliphatic carbocycles. The number of rotatable bonds is 2. The smallest absolute Gasteiger partial charge is 0.326 e. The topological polar surface area (TPSA) is 95.4 Å². The fraction of sp³-hybridized carbons (Fsp3) is 0.643. The fourth-order valence-electron chi connectivity index (χ4n) is 3.71. The largest absolute Gasteiger partial charge is 0.480 e. The molecule has 1 aromatic rings. The zero-order chi connectivity index (χ0) is 15.1. The van der Waals surface area contributed by atoms with Crippen molar-refractivity contribution in [1.29, 1.82) is 0 Å². The molecule has 1 saturated carbocycles. The SMILES string of the molecule is Cn1[nH]c(C(=O)N2C(C(=O)O)CC3CCCCC32)cc1=O. The Morgan fingerprint density at radius 2 is 2.05 bits per heavy atom. The van der Waals surface area contributed by atoms with Gasteiger partial charge in [-0.15, -0.1) is 0 Å². The molecule has 3 atom stereocenters. The minimum absolute atomic E-state index is 0.0175. The third-order valence-electron chi connectivity index (χ3n) is 4.72. The van der Waals surface area contributed by atoms with Gasteiger partial charge in [-0.2, -0.15) is 0 Å². The molecule has 7 nitrogen and oxygen atoms in total. The number of amides is 1. The summed E-state index contributed by atoms with van der Waals surface area (Å²) in [5.74, 6) is -1.08. The molecule has 0 spiro atoms. The maximum absolute atomic E-state index is 12.7. The van der Waals surface area contributed by atoms with E-state index in [0.29, 0.717) is 6.42 Å². The van der Waals surface area contributed by atoms with Crippen molar-refractivity contribution >= 4 is 11.9 Å². The van der Waals surface area contributed by atoms with Crippen LogP contribution in [0.5, 0.6) is 0 Å².